The molecular formula is C20H23N3O3. The first kappa shape index (κ1) is 17.9. The van der Waals surface area contributed by atoms with Crippen LogP contribution in [0.1, 0.15) is 31.2 Å². The molecule has 1 fully saturated rings. The molecule has 0 bridgehead atoms. The number of benzene rings is 1. The van der Waals surface area contributed by atoms with Crippen molar-refractivity contribution in [3.05, 3.63) is 48.2 Å². The third kappa shape index (κ3) is 4.81. The second-order valence-corrected chi connectivity index (χ2v) is 6.45. The van der Waals surface area contributed by atoms with Gasteiger partial charge in [0.15, 0.2) is 0 Å². The first-order valence-corrected chi connectivity index (χ1v) is 8.84. The lowest BCUT2D eigenvalue weighted by Crippen LogP contribution is -2.28. The zero-order valence-corrected chi connectivity index (χ0v) is 14.8. The monoisotopic (exact) mass is 353 g/mol. The summed E-state index contributed by atoms with van der Waals surface area (Å²) in [6, 6.07) is 11.1. The lowest BCUT2D eigenvalue weighted by molar-refractivity contribution is -0.122. The number of anilines is 2. The Morgan fingerprint density at radius 2 is 2.04 bits per heavy atom. The van der Waals surface area contributed by atoms with Crippen LogP contribution in [0.3, 0.4) is 0 Å². The van der Waals surface area contributed by atoms with Gasteiger partial charge >= 0.3 is 0 Å². The zero-order valence-electron chi connectivity index (χ0n) is 14.8. The summed E-state index contributed by atoms with van der Waals surface area (Å²) in [4.78, 5) is 28.2. The molecule has 1 saturated carbocycles. The number of aromatic nitrogens is 1. The van der Waals surface area contributed by atoms with E-state index in [1.807, 2.05) is 24.3 Å². The number of pyridine rings is 1. The summed E-state index contributed by atoms with van der Waals surface area (Å²) in [5.41, 5.74) is 1.69. The van der Waals surface area contributed by atoms with Crippen molar-refractivity contribution in [2.45, 2.75) is 32.1 Å². The molecule has 0 unspecified atom stereocenters. The minimum absolute atomic E-state index is 0.0492. The number of rotatable bonds is 7. The lowest BCUT2D eigenvalue weighted by atomic mass is 9.85. The van der Waals surface area contributed by atoms with Crippen LogP contribution in [0.15, 0.2) is 42.6 Å². The van der Waals surface area contributed by atoms with Gasteiger partial charge in [0.1, 0.15) is 11.6 Å². The van der Waals surface area contributed by atoms with Crippen LogP contribution < -0.4 is 15.4 Å². The molecule has 0 radical (unpaired) electrons. The molecule has 0 atom stereocenters. The number of nitrogens with zero attached hydrogens (tertiary/aromatic N) is 1. The Balaban J connectivity index is 1.47. The summed E-state index contributed by atoms with van der Waals surface area (Å²) in [7, 11) is 1.62. The average Bonchev–Trinajstić information content (AvgIpc) is 2.60. The maximum atomic E-state index is 12.1. The van der Waals surface area contributed by atoms with E-state index in [2.05, 4.69) is 15.6 Å². The van der Waals surface area contributed by atoms with E-state index in [0.29, 0.717) is 24.3 Å². The van der Waals surface area contributed by atoms with Crippen molar-refractivity contribution in [2.75, 3.05) is 17.7 Å². The molecule has 1 aliphatic rings. The summed E-state index contributed by atoms with van der Waals surface area (Å²) in [5, 5.41) is 5.63. The van der Waals surface area contributed by atoms with Crippen molar-refractivity contribution in [2.24, 2.45) is 5.92 Å². The molecule has 2 amide bonds. The third-order valence-corrected chi connectivity index (χ3v) is 4.55. The molecule has 2 aromatic rings. The van der Waals surface area contributed by atoms with Gasteiger partial charge in [-0.05, 0) is 49.1 Å². The van der Waals surface area contributed by atoms with Crippen LogP contribution in [0.2, 0.25) is 0 Å². The molecule has 2 N–H and O–H groups in total. The fraction of sp³-hybridized carbons (Fsp3) is 0.350. The Morgan fingerprint density at radius 1 is 1.19 bits per heavy atom. The predicted molar refractivity (Wildman–Crippen MR) is 100 cm³/mol. The maximum Gasteiger partial charge on any atom is 0.227 e. The van der Waals surface area contributed by atoms with Crippen LogP contribution in [-0.4, -0.2) is 23.9 Å². The highest BCUT2D eigenvalue weighted by Gasteiger charge is 2.25. The summed E-state index contributed by atoms with van der Waals surface area (Å²) in [6.07, 6.45) is 5.58. The second-order valence-electron chi connectivity index (χ2n) is 6.45. The van der Waals surface area contributed by atoms with Gasteiger partial charge in [-0.25, -0.2) is 4.98 Å². The van der Waals surface area contributed by atoms with E-state index in [1.54, 1.807) is 25.4 Å². The van der Waals surface area contributed by atoms with Crippen LogP contribution in [0.5, 0.6) is 5.75 Å². The van der Waals surface area contributed by atoms with Crippen molar-refractivity contribution in [3.63, 3.8) is 0 Å². The van der Waals surface area contributed by atoms with Gasteiger partial charge in [0.25, 0.3) is 0 Å². The Morgan fingerprint density at radius 3 is 2.69 bits per heavy atom. The molecule has 0 spiro atoms. The van der Waals surface area contributed by atoms with Gasteiger partial charge in [0.2, 0.25) is 11.8 Å². The van der Waals surface area contributed by atoms with Gasteiger partial charge < -0.3 is 15.4 Å². The van der Waals surface area contributed by atoms with Crippen molar-refractivity contribution < 1.29 is 14.3 Å². The summed E-state index contributed by atoms with van der Waals surface area (Å²) in [6.45, 7) is 0. The third-order valence-electron chi connectivity index (χ3n) is 4.55. The highest BCUT2D eigenvalue weighted by atomic mass is 16.5. The predicted octanol–water partition coefficient (Wildman–Crippen LogP) is 3.40. The Labute approximate surface area is 153 Å². The smallest absolute Gasteiger partial charge is 0.227 e. The zero-order chi connectivity index (χ0) is 18.4. The van der Waals surface area contributed by atoms with Crippen molar-refractivity contribution in [3.8, 4) is 5.75 Å². The van der Waals surface area contributed by atoms with E-state index in [9.17, 15) is 9.59 Å². The van der Waals surface area contributed by atoms with Crippen molar-refractivity contribution in [1.82, 2.24) is 4.98 Å². The molecule has 1 aromatic heterocycles. The van der Waals surface area contributed by atoms with Crippen LogP contribution in [0.25, 0.3) is 0 Å². The van der Waals surface area contributed by atoms with Gasteiger partial charge in [-0.15, -0.1) is 0 Å². The van der Waals surface area contributed by atoms with Crippen LogP contribution >= 0.6 is 0 Å². The SMILES string of the molecule is COc1cccc(CCC(=O)Nc2ccc(NC(=O)C3CCC3)cn2)c1. The number of hydrogen-bond acceptors (Lipinski definition) is 4. The highest BCUT2D eigenvalue weighted by molar-refractivity contribution is 5.93. The minimum Gasteiger partial charge on any atom is -0.497 e. The first-order chi connectivity index (χ1) is 12.6. The minimum atomic E-state index is -0.105. The summed E-state index contributed by atoms with van der Waals surface area (Å²) < 4.78 is 5.18. The van der Waals surface area contributed by atoms with E-state index < -0.39 is 0 Å². The number of ether oxygens (including phenoxy) is 1. The molecule has 0 saturated heterocycles. The summed E-state index contributed by atoms with van der Waals surface area (Å²) in [5.74, 6) is 1.33. The quantitative estimate of drug-likeness (QED) is 0.799. The van der Waals surface area contributed by atoms with E-state index in [1.165, 1.54) is 0 Å². The van der Waals surface area contributed by atoms with Gasteiger partial charge in [0, 0.05) is 12.3 Å². The second kappa shape index (κ2) is 8.47. The van der Waals surface area contributed by atoms with Crippen molar-refractivity contribution >= 4 is 23.3 Å². The van der Waals surface area contributed by atoms with Gasteiger partial charge in [-0.2, -0.15) is 0 Å². The van der Waals surface area contributed by atoms with E-state index in [-0.39, 0.29) is 17.7 Å². The molecule has 136 valence electrons. The lowest BCUT2D eigenvalue weighted by Gasteiger charge is -2.23. The number of nitrogens with one attached hydrogen (secondary N) is 2. The number of hydrogen-bond donors (Lipinski definition) is 2. The first-order valence-electron chi connectivity index (χ1n) is 8.84. The fourth-order valence-corrected chi connectivity index (χ4v) is 2.75. The molecular weight excluding hydrogens is 330 g/mol. The molecule has 3 rings (SSSR count). The number of aryl methyl sites for hydroxylation is 1. The fourth-order valence-electron chi connectivity index (χ4n) is 2.75. The van der Waals surface area contributed by atoms with Gasteiger partial charge in [-0.3, -0.25) is 9.59 Å². The van der Waals surface area contributed by atoms with Crippen molar-refractivity contribution in [1.29, 1.82) is 0 Å². The topological polar surface area (TPSA) is 80.3 Å². The van der Waals surface area contributed by atoms with Crippen LogP contribution in [0, 0.1) is 5.92 Å². The van der Waals surface area contributed by atoms with Gasteiger partial charge in [0.05, 0.1) is 19.0 Å². The molecule has 6 heteroatoms. The Hall–Kier alpha value is -2.89. The number of carbonyl (C=O) groups excluding carboxylic acids is 2. The molecule has 26 heavy (non-hydrogen) atoms. The average molecular weight is 353 g/mol. The number of carbonyl (C=O) groups is 2. The summed E-state index contributed by atoms with van der Waals surface area (Å²) >= 11 is 0. The Kier molecular flexibility index (Phi) is 5.84. The number of methoxy groups -OCH3 is 1. The normalized spacial score (nSPS) is 13.6. The van der Waals surface area contributed by atoms with E-state index in [0.717, 1.165) is 30.6 Å². The maximum absolute atomic E-state index is 12.1. The molecule has 1 aromatic carbocycles. The highest BCUT2D eigenvalue weighted by Crippen LogP contribution is 2.27. The van der Waals surface area contributed by atoms with E-state index >= 15 is 0 Å². The molecule has 1 aliphatic carbocycles. The largest absolute Gasteiger partial charge is 0.497 e. The molecule has 1 heterocycles. The molecule has 0 aliphatic heterocycles. The van der Waals surface area contributed by atoms with Crippen LogP contribution in [-0.2, 0) is 16.0 Å². The standard InChI is InChI=1S/C20H23N3O3/c1-26-17-7-2-4-14(12-17)8-11-19(24)23-18-10-9-16(13-21-18)22-20(25)15-5-3-6-15/h2,4,7,9-10,12-13,15H,3,5-6,8,11H2,1H3,(H,22,25)(H,21,23,24). The number of amides is 2. The Bertz CT molecular complexity index is 770. The van der Waals surface area contributed by atoms with Gasteiger partial charge in [-0.1, -0.05) is 18.6 Å². The molecule has 6 nitrogen and oxygen atoms in total. The van der Waals surface area contributed by atoms with Crippen LogP contribution in [0.4, 0.5) is 11.5 Å². The van der Waals surface area contributed by atoms with E-state index in [4.69, 9.17) is 4.74 Å².